The molecule has 1 aliphatic rings. The van der Waals surface area contributed by atoms with Crippen LogP contribution in [0.1, 0.15) is 30.1 Å². The molecule has 1 atom stereocenters. The largest absolute Gasteiger partial charge is 0.349 e. The Hall–Kier alpha value is -1.09. The van der Waals surface area contributed by atoms with Crippen molar-refractivity contribution in [2.45, 2.75) is 25.8 Å². The third kappa shape index (κ3) is 2.69. The van der Waals surface area contributed by atoms with Crippen LogP contribution in [0.5, 0.6) is 0 Å². The van der Waals surface area contributed by atoms with E-state index in [0.29, 0.717) is 16.6 Å². The van der Waals surface area contributed by atoms with E-state index in [1.54, 1.807) is 18.3 Å². The summed E-state index contributed by atoms with van der Waals surface area (Å²) in [4.78, 5) is 15.6. The molecule has 1 unspecified atom stereocenters. The van der Waals surface area contributed by atoms with Gasteiger partial charge in [-0.05, 0) is 37.8 Å². The zero-order chi connectivity index (χ0) is 10.8. The second kappa shape index (κ2) is 4.19. The molecule has 0 aromatic carbocycles. The van der Waals surface area contributed by atoms with Crippen LogP contribution >= 0.6 is 11.6 Å². The fourth-order valence-corrected chi connectivity index (χ4v) is 1.72. The van der Waals surface area contributed by atoms with E-state index in [9.17, 15) is 4.79 Å². The third-order valence-electron chi connectivity index (χ3n) is 2.68. The van der Waals surface area contributed by atoms with Crippen molar-refractivity contribution in [2.75, 3.05) is 0 Å². The highest BCUT2D eigenvalue weighted by Gasteiger charge is 2.29. The SMILES string of the molecule is CC(NC(=O)c1ccnc(Cl)c1)C1CC1. The van der Waals surface area contributed by atoms with Gasteiger partial charge in [0.05, 0.1) is 0 Å². The minimum absolute atomic E-state index is 0.0706. The van der Waals surface area contributed by atoms with Crippen molar-refractivity contribution in [3.8, 4) is 0 Å². The summed E-state index contributed by atoms with van der Waals surface area (Å²) in [5, 5.41) is 3.31. The molecule has 0 aliphatic heterocycles. The lowest BCUT2D eigenvalue weighted by atomic mass is 10.2. The Morgan fingerprint density at radius 3 is 3.00 bits per heavy atom. The predicted octanol–water partition coefficient (Wildman–Crippen LogP) is 2.26. The van der Waals surface area contributed by atoms with Gasteiger partial charge in [-0.3, -0.25) is 4.79 Å². The lowest BCUT2D eigenvalue weighted by molar-refractivity contribution is 0.0935. The maximum atomic E-state index is 11.7. The number of hydrogen-bond acceptors (Lipinski definition) is 2. The second-order valence-electron chi connectivity index (χ2n) is 3.97. The molecule has 1 N–H and O–H groups in total. The highest BCUT2D eigenvalue weighted by Crippen LogP contribution is 2.32. The van der Waals surface area contributed by atoms with Gasteiger partial charge in [0.2, 0.25) is 0 Å². The van der Waals surface area contributed by atoms with E-state index in [0.717, 1.165) is 0 Å². The van der Waals surface area contributed by atoms with E-state index < -0.39 is 0 Å². The van der Waals surface area contributed by atoms with Gasteiger partial charge in [-0.1, -0.05) is 11.6 Å². The van der Waals surface area contributed by atoms with Crippen molar-refractivity contribution < 1.29 is 4.79 Å². The lowest BCUT2D eigenvalue weighted by Crippen LogP contribution is -2.33. The van der Waals surface area contributed by atoms with E-state index >= 15 is 0 Å². The van der Waals surface area contributed by atoms with Gasteiger partial charge in [-0.2, -0.15) is 0 Å². The van der Waals surface area contributed by atoms with Gasteiger partial charge in [0.15, 0.2) is 0 Å². The Kier molecular flexibility index (Phi) is 2.91. The number of carbonyl (C=O) groups is 1. The zero-order valence-electron chi connectivity index (χ0n) is 8.53. The minimum Gasteiger partial charge on any atom is -0.349 e. The van der Waals surface area contributed by atoms with Gasteiger partial charge in [-0.25, -0.2) is 4.98 Å². The Balaban J connectivity index is 2.00. The molecule has 0 radical (unpaired) electrons. The molecule has 1 aromatic heterocycles. The molecule has 0 spiro atoms. The first-order valence-corrected chi connectivity index (χ1v) is 5.47. The van der Waals surface area contributed by atoms with E-state index in [1.165, 1.54) is 12.8 Å². The molecule has 1 amide bonds. The summed E-state index contributed by atoms with van der Waals surface area (Å²) in [6, 6.07) is 3.50. The number of rotatable bonds is 3. The number of amides is 1. The zero-order valence-corrected chi connectivity index (χ0v) is 9.29. The third-order valence-corrected chi connectivity index (χ3v) is 2.88. The Morgan fingerprint density at radius 2 is 2.40 bits per heavy atom. The van der Waals surface area contributed by atoms with Crippen LogP contribution in [0.4, 0.5) is 0 Å². The predicted molar refractivity (Wildman–Crippen MR) is 58.9 cm³/mol. The quantitative estimate of drug-likeness (QED) is 0.801. The number of halogens is 1. The minimum atomic E-state index is -0.0706. The van der Waals surface area contributed by atoms with Crippen molar-refractivity contribution in [3.05, 3.63) is 29.0 Å². The van der Waals surface area contributed by atoms with Crippen LogP contribution in [0.2, 0.25) is 5.15 Å². The van der Waals surface area contributed by atoms with Crippen molar-refractivity contribution >= 4 is 17.5 Å². The molecule has 15 heavy (non-hydrogen) atoms. The number of pyridine rings is 1. The van der Waals surface area contributed by atoms with Gasteiger partial charge < -0.3 is 5.32 Å². The van der Waals surface area contributed by atoms with Gasteiger partial charge in [0.25, 0.3) is 5.91 Å². The summed E-state index contributed by atoms with van der Waals surface area (Å²) in [5.41, 5.74) is 0.572. The molecule has 1 saturated carbocycles. The van der Waals surface area contributed by atoms with Crippen molar-refractivity contribution in [1.29, 1.82) is 0 Å². The van der Waals surface area contributed by atoms with E-state index in [2.05, 4.69) is 10.3 Å². The molecule has 1 fully saturated rings. The van der Waals surface area contributed by atoms with Crippen LogP contribution in [0.25, 0.3) is 0 Å². The second-order valence-corrected chi connectivity index (χ2v) is 4.35. The normalized spacial score (nSPS) is 17.2. The first kappa shape index (κ1) is 10.4. The summed E-state index contributed by atoms with van der Waals surface area (Å²) >= 11 is 5.71. The first-order chi connectivity index (χ1) is 7.16. The Morgan fingerprint density at radius 1 is 1.67 bits per heavy atom. The summed E-state index contributed by atoms with van der Waals surface area (Å²) in [7, 11) is 0. The Labute approximate surface area is 93.8 Å². The summed E-state index contributed by atoms with van der Waals surface area (Å²) < 4.78 is 0. The number of aromatic nitrogens is 1. The van der Waals surface area contributed by atoms with Crippen LogP contribution < -0.4 is 5.32 Å². The maximum absolute atomic E-state index is 11.7. The number of nitrogens with zero attached hydrogens (tertiary/aromatic N) is 1. The number of carbonyl (C=O) groups excluding carboxylic acids is 1. The van der Waals surface area contributed by atoms with Crippen molar-refractivity contribution in [1.82, 2.24) is 10.3 Å². The van der Waals surface area contributed by atoms with E-state index in [1.807, 2.05) is 6.92 Å². The molecule has 3 nitrogen and oxygen atoms in total. The first-order valence-electron chi connectivity index (χ1n) is 5.09. The summed E-state index contributed by atoms with van der Waals surface area (Å²) in [6.07, 6.45) is 3.98. The summed E-state index contributed by atoms with van der Waals surface area (Å²) in [5.74, 6) is 0.588. The van der Waals surface area contributed by atoms with Gasteiger partial charge in [0.1, 0.15) is 5.15 Å². The molecule has 2 rings (SSSR count). The molecular formula is C11H13ClN2O. The smallest absolute Gasteiger partial charge is 0.251 e. The molecule has 1 heterocycles. The molecule has 4 heteroatoms. The van der Waals surface area contributed by atoms with Crippen molar-refractivity contribution in [2.24, 2.45) is 5.92 Å². The molecular weight excluding hydrogens is 212 g/mol. The Bertz CT molecular complexity index is 377. The van der Waals surface area contributed by atoms with Crippen LogP contribution in [0.15, 0.2) is 18.3 Å². The van der Waals surface area contributed by atoms with Crippen LogP contribution in [0, 0.1) is 5.92 Å². The van der Waals surface area contributed by atoms with Gasteiger partial charge >= 0.3 is 0 Å². The molecule has 0 saturated heterocycles. The highest BCUT2D eigenvalue weighted by atomic mass is 35.5. The fraction of sp³-hybridized carbons (Fsp3) is 0.455. The molecule has 1 aliphatic carbocycles. The topological polar surface area (TPSA) is 42.0 Å². The number of hydrogen-bond donors (Lipinski definition) is 1. The fourth-order valence-electron chi connectivity index (χ4n) is 1.55. The maximum Gasteiger partial charge on any atom is 0.251 e. The molecule has 0 bridgehead atoms. The highest BCUT2D eigenvalue weighted by molar-refractivity contribution is 6.29. The van der Waals surface area contributed by atoms with E-state index in [-0.39, 0.29) is 11.9 Å². The van der Waals surface area contributed by atoms with Crippen LogP contribution in [-0.4, -0.2) is 16.9 Å². The average Bonchev–Trinajstić information content (AvgIpc) is 3.00. The number of nitrogens with one attached hydrogen (secondary N) is 1. The van der Waals surface area contributed by atoms with Crippen LogP contribution in [-0.2, 0) is 0 Å². The monoisotopic (exact) mass is 224 g/mol. The van der Waals surface area contributed by atoms with Crippen LogP contribution in [0.3, 0.4) is 0 Å². The molecule has 80 valence electrons. The summed E-state index contributed by atoms with van der Waals surface area (Å²) in [6.45, 7) is 2.04. The molecule has 1 aromatic rings. The standard InChI is InChI=1S/C11H13ClN2O/c1-7(8-2-3-8)14-11(15)9-4-5-13-10(12)6-9/h4-8H,2-3H2,1H3,(H,14,15). The lowest BCUT2D eigenvalue weighted by Gasteiger charge is -2.12. The van der Waals surface area contributed by atoms with Gasteiger partial charge in [0, 0.05) is 17.8 Å². The van der Waals surface area contributed by atoms with Gasteiger partial charge in [-0.15, -0.1) is 0 Å². The van der Waals surface area contributed by atoms with Crippen molar-refractivity contribution in [3.63, 3.8) is 0 Å². The van der Waals surface area contributed by atoms with E-state index in [4.69, 9.17) is 11.6 Å². The average molecular weight is 225 g/mol.